The Morgan fingerprint density at radius 3 is 2.70 bits per heavy atom. The topological polar surface area (TPSA) is 69.0 Å². The highest BCUT2D eigenvalue weighted by Crippen LogP contribution is 2.37. The number of rotatable bonds is 4. The number of aromatic nitrogens is 3. The SMILES string of the molecule is Cc1nn(C)c2nc(OCC(=O)Nc3ccccc3Cl)cc(C(F)(F)F)c12. The van der Waals surface area contributed by atoms with Crippen molar-refractivity contribution in [3.8, 4) is 5.88 Å². The van der Waals surface area contributed by atoms with E-state index in [1.54, 1.807) is 24.3 Å². The molecule has 0 fully saturated rings. The van der Waals surface area contributed by atoms with E-state index in [9.17, 15) is 18.0 Å². The number of nitrogens with one attached hydrogen (secondary N) is 1. The fraction of sp³-hybridized carbons (Fsp3) is 0.235. The van der Waals surface area contributed by atoms with Crippen molar-refractivity contribution in [1.29, 1.82) is 0 Å². The fourth-order valence-electron chi connectivity index (χ4n) is 2.61. The van der Waals surface area contributed by atoms with Crippen LogP contribution in [0.2, 0.25) is 5.02 Å². The smallest absolute Gasteiger partial charge is 0.417 e. The van der Waals surface area contributed by atoms with Crippen LogP contribution in [0.3, 0.4) is 0 Å². The molecule has 0 atom stereocenters. The lowest BCUT2D eigenvalue weighted by Crippen LogP contribution is -2.21. The number of ether oxygens (including phenoxy) is 1. The number of carbonyl (C=O) groups is 1. The van der Waals surface area contributed by atoms with Crippen molar-refractivity contribution >= 4 is 34.2 Å². The average Bonchev–Trinajstić information content (AvgIpc) is 2.88. The zero-order valence-electron chi connectivity index (χ0n) is 14.3. The van der Waals surface area contributed by atoms with E-state index in [2.05, 4.69) is 15.4 Å². The Bertz CT molecular complexity index is 1020. The molecule has 0 aliphatic heterocycles. The monoisotopic (exact) mass is 398 g/mol. The van der Waals surface area contributed by atoms with E-state index < -0.39 is 24.3 Å². The van der Waals surface area contributed by atoms with Crippen LogP contribution in [0.15, 0.2) is 30.3 Å². The third-order valence-electron chi connectivity index (χ3n) is 3.75. The standard InChI is InChI=1S/C17H14ClF3N4O2/c1-9-15-10(17(19,20)21)7-14(23-16(15)25(2)24-9)27-8-13(26)22-12-6-4-3-5-11(12)18/h3-7H,8H2,1-2H3,(H,22,26). The summed E-state index contributed by atoms with van der Waals surface area (Å²) >= 11 is 5.94. The van der Waals surface area contributed by atoms with Crippen LogP contribution < -0.4 is 10.1 Å². The van der Waals surface area contributed by atoms with E-state index in [0.29, 0.717) is 10.7 Å². The Labute approximate surface area is 156 Å². The van der Waals surface area contributed by atoms with Gasteiger partial charge in [0, 0.05) is 13.1 Å². The quantitative estimate of drug-likeness (QED) is 0.722. The summed E-state index contributed by atoms with van der Waals surface area (Å²) in [6.07, 6.45) is -4.62. The van der Waals surface area contributed by atoms with Crippen molar-refractivity contribution < 1.29 is 22.7 Å². The van der Waals surface area contributed by atoms with Crippen molar-refractivity contribution in [2.75, 3.05) is 11.9 Å². The van der Waals surface area contributed by atoms with Crippen LogP contribution in [0.4, 0.5) is 18.9 Å². The molecule has 27 heavy (non-hydrogen) atoms. The number of carbonyl (C=O) groups excluding carboxylic acids is 1. The predicted octanol–water partition coefficient (Wildman–Crippen LogP) is 3.97. The molecule has 1 N–H and O–H groups in total. The molecular weight excluding hydrogens is 385 g/mol. The van der Waals surface area contributed by atoms with Gasteiger partial charge in [0.05, 0.1) is 27.4 Å². The van der Waals surface area contributed by atoms with Gasteiger partial charge < -0.3 is 10.1 Å². The van der Waals surface area contributed by atoms with Crippen molar-refractivity contribution in [3.05, 3.63) is 46.6 Å². The first kappa shape index (κ1) is 19.0. The minimum atomic E-state index is -4.62. The molecular formula is C17H14ClF3N4O2. The van der Waals surface area contributed by atoms with Gasteiger partial charge in [-0.15, -0.1) is 0 Å². The van der Waals surface area contributed by atoms with Gasteiger partial charge in [-0.2, -0.15) is 23.3 Å². The first-order chi connectivity index (χ1) is 12.7. The van der Waals surface area contributed by atoms with Crippen molar-refractivity contribution in [3.63, 3.8) is 0 Å². The van der Waals surface area contributed by atoms with Gasteiger partial charge >= 0.3 is 6.18 Å². The molecule has 6 nitrogen and oxygen atoms in total. The molecule has 0 bridgehead atoms. The Morgan fingerprint density at radius 1 is 1.33 bits per heavy atom. The van der Waals surface area contributed by atoms with E-state index in [-0.39, 0.29) is 22.6 Å². The van der Waals surface area contributed by atoms with Gasteiger partial charge in [-0.3, -0.25) is 9.48 Å². The molecule has 1 aromatic carbocycles. The summed E-state index contributed by atoms with van der Waals surface area (Å²) in [6, 6.07) is 7.32. The summed E-state index contributed by atoms with van der Waals surface area (Å²) in [5, 5.41) is 6.72. The van der Waals surface area contributed by atoms with Gasteiger partial charge in [0.1, 0.15) is 0 Å². The van der Waals surface area contributed by atoms with Crippen LogP contribution in [0, 0.1) is 6.92 Å². The number of aryl methyl sites for hydroxylation is 2. The van der Waals surface area contributed by atoms with E-state index in [1.807, 2.05) is 0 Å². The molecule has 3 rings (SSSR count). The van der Waals surface area contributed by atoms with Crippen LogP contribution in [0.1, 0.15) is 11.3 Å². The fourth-order valence-corrected chi connectivity index (χ4v) is 2.79. The number of hydrogen-bond acceptors (Lipinski definition) is 4. The molecule has 10 heteroatoms. The molecule has 2 aromatic heterocycles. The summed E-state index contributed by atoms with van der Waals surface area (Å²) in [5.41, 5.74) is -0.326. The highest BCUT2D eigenvalue weighted by Gasteiger charge is 2.35. The van der Waals surface area contributed by atoms with Crippen LogP contribution in [-0.2, 0) is 18.0 Å². The van der Waals surface area contributed by atoms with E-state index in [4.69, 9.17) is 16.3 Å². The summed E-state index contributed by atoms with van der Waals surface area (Å²) in [6.45, 7) is 0.939. The summed E-state index contributed by atoms with van der Waals surface area (Å²) < 4.78 is 46.6. The van der Waals surface area contributed by atoms with Crippen LogP contribution in [0.25, 0.3) is 11.0 Å². The number of pyridine rings is 1. The lowest BCUT2D eigenvalue weighted by molar-refractivity contribution is -0.136. The molecule has 0 radical (unpaired) electrons. The molecule has 0 saturated heterocycles. The minimum Gasteiger partial charge on any atom is -0.467 e. The average molecular weight is 399 g/mol. The van der Waals surface area contributed by atoms with Gasteiger partial charge in [-0.25, -0.2) is 0 Å². The van der Waals surface area contributed by atoms with Gasteiger partial charge in [0.2, 0.25) is 5.88 Å². The second kappa shape index (κ2) is 7.07. The number of anilines is 1. The Morgan fingerprint density at radius 2 is 2.04 bits per heavy atom. The first-order valence-corrected chi connectivity index (χ1v) is 8.13. The van der Waals surface area contributed by atoms with Gasteiger partial charge in [-0.1, -0.05) is 23.7 Å². The second-order valence-corrected chi connectivity index (χ2v) is 6.14. The molecule has 0 unspecified atom stereocenters. The zero-order valence-corrected chi connectivity index (χ0v) is 15.0. The third kappa shape index (κ3) is 3.97. The van der Waals surface area contributed by atoms with E-state index >= 15 is 0 Å². The lowest BCUT2D eigenvalue weighted by Gasteiger charge is -2.12. The van der Waals surface area contributed by atoms with Crippen LogP contribution in [-0.4, -0.2) is 27.3 Å². The molecule has 0 aliphatic carbocycles. The van der Waals surface area contributed by atoms with Gasteiger partial charge in [-0.05, 0) is 19.1 Å². The molecule has 142 valence electrons. The van der Waals surface area contributed by atoms with Crippen LogP contribution in [0.5, 0.6) is 5.88 Å². The Kier molecular flexibility index (Phi) is 4.97. The largest absolute Gasteiger partial charge is 0.467 e. The van der Waals surface area contributed by atoms with Gasteiger partial charge in [0.15, 0.2) is 12.3 Å². The lowest BCUT2D eigenvalue weighted by atomic mass is 10.1. The third-order valence-corrected chi connectivity index (χ3v) is 4.08. The number of halogens is 4. The van der Waals surface area contributed by atoms with Crippen molar-refractivity contribution in [2.24, 2.45) is 7.05 Å². The number of alkyl halides is 3. The summed E-state index contributed by atoms with van der Waals surface area (Å²) in [7, 11) is 1.48. The maximum Gasteiger partial charge on any atom is 0.417 e. The van der Waals surface area contributed by atoms with E-state index in [1.165, 1.54) is 18.7 Å². The number of hydrogen-bond donors (Lipinski definition) is 1. The molecule has 0 saturated carbocycles. The normalized spacial score (nSPS) is 11.6. The van der Waals surface area contributed by atoms with Crippen molar-refractivity contribution in [1.82, 2.24) is 14.8 Å². The van der Waals surface area contributed by atoms with Crippen LogP contribution >= 0.6 is 11.6 Å². The number of amides is 1. The Hall–Kier alpha value is -2.81. The highest BCUT2D eigenvalue weighted by molar-refractivity contribution is 6.33. The summed E-state index contributed by atoms with van der Waals surface area (Å²) in [5.74, 6) is -0.910. The molecule has 1 amide bonds. The minimum absolute atomic E-state index is 0.0174. The number of benzene rings is 1. The molecule has 0 spiro atoms. The Balaban J connectivity index is 1.84. The second-order valence-electron chi connectivity index (χ2n) is 5.73. The molecule has 3 aromatic rings. The maximum atomic E-state index is 13.4. The predicted molar refractivity (Wildman–Crippen MR) is 93.8 cm³/mol. The van der Waals surface area contributed by atoms with Gasteiger partial charge in [0.25, 0.3) is 5.91 Å². The van der Waals surface area contributed by atoms with Crippen molar-refractivity contribution in [2.45, 2.75) is 13.1 Å². The van der Waals surface area contributed by atoms with E-state index in [0.717, 1.165) is 6.07 Å². The zero-order chi connectivity index (χ0) is 19.8. The molecule has 0 aliphatic rings. The maximum absolute atomic E-state index is 13.4. The molecule has 2 heterocycles. The number of fused-ring (bicyclic) bond motifs is 1. The first-order valence-electron chi connectivity index (χ1n) is 7.75. The number of nitrogens with zero attached hydrogens (tertiary/aromatic N) is 3. The number of para-hydroxylation sites is 1. The highest BCUT2D eigenvalue weighted by atomic mass is 35.5. The summed E-state index contributed by atoms with van der Waals surface area (Å²) in [4.78, 5) is 16.0.